The Bertz CT molecular complexity index is 720. The van der Waals surface area contributed by atoms with Gasteiger partial charge in [0.05, 0.1) is 13.7 Å². The molecule has 2 aromatic rings. The molecule has 0 aromatic heterocycles. The van der Waals surface area contributed by atoms with E-state index in [9.17, 15) is 4.39 Å². The molecule has 0 spiro atoms. The van der Waals surface area contributed by atoms with E-state index in [1.54, 1.807) is 33.4 Å². The van der Waals surface area contributed by atoms with E-state index in [1.807, 2.05) is 24.3 Å². The fourth-order valence-corrected chi connectivity index (χ4v) is 2.38. The first-order chi connectivity index (χ1) is 12.2. The van der Waals surface area contributed by atoms with E-state index in [0.717, 1.165) is 16.9 Å². The second kappa shape index (κ2) is 9.64. The molecule has 0 heterocycles. The van der Waals surface area contributed by atoms with Gasteiger partial charge < -0.3 is 20.1 Å². The van der Waals surface area contributed by atoms with Gasteiger partial charge in [-0.05, 0) is 35.4 Å². The van der Waals surface area contributed by atoms with Crippen LogP contribution in [0.4, 0.5) is 4.39 Å². The summed E-state index contributed by atoms with van der Waals surface area (Å²) in [6.07, 6.45) is 0. The van der Waals surface area contributed by atoms with Crippen molar-refractivity contribution in [3.63, 3.8) is 0 Å². The number of aliphatic imine (C=N–C) groups is 1. The van der Waals surface area contributed by atoms with Gasteiger partial charge >= 0.3 is 0 Å². The SMILES string of the molecule is CN=C(NCc1cccc(OC)c1)NCc1ccc(F)c(COC)c1. The summed E-state index contributed by atoms with van der Waals surface area (Å²) >= 11 is 0. The molecule has 2 aromatic carbocycles. The minimum Gasteiger partial charge on any atom is -0.497 e. The third-order valence-electron chi connectivity index (χ3n) is 3.69. The van der Waals surface area contributed by atoms with Crippen LogP contribution in [0.5, 0.6) is 5.75 Å². The molecule has 0 bridgehead atoms. The highest BCUT2D eigenvalue weighted by Crippen LogP contribution is 2.13. The number of nitrogens with one attached hydrogen (secondary N) is 2. The highest BCUT2D eigenvalue weighted by molar-refractivity contribution is 5.79. The van der Waals surface area contributed by atoms with Gasteiger partial charge in [0.2, 0.25) is 0 Å². The molecule has 0 fully saturated rings. The fourth-order valence-electron chi connectivity index (χ4n) is 2.38. The average Bonchev–Trinajstić information content (AvgIpc) is 2.64. The van der Waals surface area contributed by atoms with Crippen LogP contribution in [-0.4, -0.2) is 27.2 Å². The van der Waals surface area contributed by atoms with Gasteiger partial charge in [-0.1, -0.05) is 18.2 Å². The van der Waals surface area contributed by atoms with Crippen LogP contribution < -0.4 is 15.4 Å². The molecule has 2 N–H and O–H groups in total. The van der Waals surface area contributed by atoms with Gasteiger partial charge in [0.25, 0.3) is 0 Å². The van der Waals surface area contributed by atoms with Crippen molar-refractivity contribution in [3.05, 3.63) is 65.0 Å². The summed E-state index contributed by atoms with van der Waals surface area (Å²) in [4.78, 5) is 4.20. The van der Waals surface area contributed by atoms with Crippen LogP contribution >= 0.6 is 0 Å². The second-order valence-corrected chi connectivity index (χ2v) is 5.49. The summed E-state index contributed by atoms with van der Waals surface area (Å²) in [6.45, 7) is 1.41. The Morgan fingerprint density at radius 1 is 1.04 bits per heavy atom. The van der Waals surface area contributed by atoms with E-state index in [4.69, 9.17) is 9.47 Å². The van der Waals surface area contributed by atoms with Crippen molar-refractivity contribution in [1.82, 2.24) is 10.6 Å². The zero-order valence-electron chi connectivity index (χ0n) is 14.8. The lowest BCUT2D eigenvalue weighted by Crippen LogP contribution is -2.36. The second-order valence-electron chi connectivity index (χ2n) is 5.49. The summed E-state index contributed by atoms with van der Waals surface area (Å²) in [5.41, 5.74) is 2.59. The smallest absolute Gasteiger partial charge is 0.191 e. The predicted molar refractivity (Wildman–Crippen MR) is 97.1 cm³/mol. The number of guanidine groups is 1. The van der Waals surface area contributed by atoms with Crippen molar-refractivity contribution in [1.29, 1.82) is 0 Å². The molecule has 0 aliphatic rings. The summed E-state index contributed by atoms with van der Waals surface area (Å²) in [6, 6.07) is 12.8. The largest absolute Gasteiger partial charge is 0.497 e. The minimum atomic E-state index is -0.258. The Kier molecular flexibility index (Phi) is 7.22. The number of methoxy groups -OCH3 is 2. The lowest BCUT2D eigenvalue weighted by molar-refractivity contribution is 0.181. The van der Waals surface area contributed by atoms with Gasteiger partial charge in [-0.2, -0.15) is 0 Å². The van der Waals surface area contributed by atoms with Crippen LogP contribution in [0, 0.1) is 5.82 Å². The molecule has 5 nitrogen and oxygen atoms in total. The van der Waals surface area contributed by atoms with E-state index in [0.29, 0.717) is 24.6 Å². The van der Waals surface area contributed by atoms with Crippen molar-refractivity contribution in [2.45, 2.75) is 19.7 Å². The summed E-state index contributed by atoms with van der Waals surface area (Å²) < 4.78 is 23.9. The van der Waals surface area contributed by atoms with Crippen molar-refractivity contribution in [3.8, 4) is 5.75 Å². The van der Waals surface area contributed by atoms with Gasteiger partial charge in [-0.25, -0.2) is 4.39 Å². The number of hydrogen-bond acceptors (Lipinski definition) is 3. The number of rotatable bonds is 7. The molecule has 0 aliphatic heterocycles. The van der Waals surface area contributed by atoms with E-state index in [2.05, 4.69) is 15.6 Å². The zero-order chi connectivity index (χ0) is 18.1. The molecule has 0 radical (unpaired) electrons. The molecule has 0 saturated carbocycles. The Labute approximate surface area is 147 Å². The quantitative estimate of drug-likeness (QED) is 0.598. The Morgan fingerprint density at radius 3 is 2.40 bits per heavy atom. The maximum atomic E-state index is 13.6. The predicted octanol–water partition coefficient (Wildman–Crippen LogP) is 2.85. The first-order valence-corrected chi connectivity index (χ1v) is 8.00. The van der Waals surface area contributed by atoms with Crippen LogP contribution in [0.1, 0.15) is 16.7 Å². The molecule has 134 valence electrons. The molecule has 0 atom stereocenters. The van der Waals surface area contributed by atoms with Gasteiger partial charge in [0.15, 0.2) is 5.96 Å². The van der Waals surface area contributed by atoms with Crippen LogP contribution in [0.25, 0.3) is 0 Å². The standard InChI is InChI=1S/C19H24FN3O2/c1-21-19(22-11-14-5-4-6-17(10-14)25-3)23-12-15-7-8-18(20)16(9-15)13-24-2/h4-10H,11-13H2,1-3H3,(H2,21,22,23). The zero-order valence-corrected chi connectivity index (χ0v) is 14.8. The van der Waals surface area contributed by atoms with Gasteiger partial charge in [0.1, 0.15) is 11.6 Å². The third-order valence-corrected chi connectivity index (χ3v) is 3.69. The molecule has 0 amide bonds. The topological polar surface area (TPSA) is 54.9 Å². The monoisotopic (exact) mass is 345 g/mol. The maximum Gasteiger partial charge on any atom is 0.191 e. The number of nitrogens with zero attached hydrogens (tertiary/aromatic N) is 1. The summed E-state index contributed by atoms with van der Waals surface area (Å²) in [7, 11) is 4.91. The van der Waals surface area contributed by atoms with Crippen LogP contribution in [0.2, 0.25) is 0 Å². The van der Waals surface area contributed by atoms with Crippen LogP contribution in [0.15, 0.2) is 47.5 Å². The Balaban J connectivity index is 1.91. The van der Waals surface area contributed by atoms with E-state index in [1.165, 1.54) is 6.07 Å². The third kappa shape index (κ3) is 5.76. The highest BCUT2D eigenvalue weighted by Gasteiger charge is 2.05. The highest BCUT2D eigenvalue weighted by atomic mass is 19.1. The van der Waals surface area contributed by atoms with Crippen molar-refractivity contribution >= 4 is 5.96 Å². The molecule has 0 aliphatic carbocycles. The van der Waals surface area contributed by atoms with Gasteiger partial charge in [-0.3, -0.25) is 4.99 Å². The Hall–Kier alpha value is -2.60. The molecular weight excluding hydrogens is 321 g/mol. The molecule has 6 heteroatoms. The number of halogens is 1. The van der Waals surface area contributed by atoms with E-state index >= 15 is 0 Å². The first-order valence-electron chi connectivity index (χ1n) is 8.00. The van der Waals surface area contributed by atoms with Crippen LogP contribution in [0.3, 0.4) is 0 Å². The van der Waals surface area contributed by atoms with Crippen molar-refractivity contribution in [2.75, 3.05) is 21.3 Å². The molecule has 25 heavy (non-hydrogen) atoms. The lowest BCUT2D eigenvalue weighted by Gasteiger charge is -2.13. The average molecular weight is 345 g/mol. The maximum absolute atomic E-state index is 13.6. The molecule has 0 unspecified atom stereocenters. The Morgan fingerprint density at radius 2 is 1.76 bits per heavy atom. The van der Waals surface area contributed by atoms with E-state index in [-0.39, 0.29) is 12.4 Å². The summed E-state index contributed by atoms with van der Waals surface area (Å²) in [5.74, 6) is 1.23. The minimum absolute atomic E-state index is 0.252. The number of hydrogen-bond donors (Lipinski definition) is 2. The molecule has 0 saturated heterocycles. The number of ether oxygens (including phenoxy) is 2. The van der Waals surface area contributed by atoms with Gasteiger partial charge in [-0.15, -0.1) is 0 Å². The first kappa shape index (κ1) is 18.7. The molecular formula is C19H24FN3O2. The van der Waals surface area contributed by atoms with Crippen molar-refractivity contribution in [2.24, 2.45) is 4.99 Å². The van der Waals surface area contributed by atoms with Crippen LogP contribution in [-0.2, 0) is 24.4 Å². The van der Waals surface area contributed by atoms with E-state index < -0.39 is 0 Å². The lowest BCUT2D eigenvalue weighted by atomic mass is 10.1. The van der Waals surface area contributed by atoms with Gasteiger partial charge in [0, 0.05) is 32.8 Å². The fraction of sp³-hybridized carbons (Fsp3) is 0.316. The van der Waals surface area contributed by atoms with Crippen molar-refractivity contribution < 1.29 is 13.9 Å². The summed E-state index contributed by atoms with van der Waals surface area (Å²) in [5, 5.41) is 6.46. The normalized spacial score (nSPS) is 11.3. The molecule has 2 rings (SSSR count). The number of benzene rings is 2.